The number of ether oxygens (including phenoxy) is 1. The maximum absolute atomic E-state index is 12.1. The highest BCUT2D eigenvalue weighted by atomic mass is 16.5. The van der Waals surface area contributed by atoms with E-state index in [1.807, 2.05) is 0 Å². The summed E-state index contributed by atoms with van der Waals surface area (Å²) in [6, 6.07) is -0.469. The van der Waals surface area contributed by atoms with Crippen LogP contribution in [0.3, 0.4) is 0 Å². The fourth-order valence-electron chi connectivity index (χ4n) is 3.15. The summed E-state index contributed by atoms with van der Waals surface area (Å²) < 4.78 is 5.12. The molecule has 0 aliphatic carbocycles. The molecule has 5 heteroatoms. The van der Waals surface area contributed by atoms with E-state index in [1.165, 1.54) is 44.9 Å². The lowest BCUT2D eigenvalue weighted by atomic mass is 9.96. The molecule has 0 aromatic heterocycles. The molecule has 1 heterocycles. The molecule has 5 nitrogen and oxygen atoms in total. The van der Waals surface area contributed by atoms with Gasteiger partial charge in [0.1, 0.15) is 0 Å². The Kier molecular flexibility index (Phi) is 10.2. The second-order valence-corrected chi connectivity index (χ2v) is 6.53. The molecule has 0 saturated carbocycles. The topological polar surface area (TPSA) is 67.4 Å². The Balaban J connectivity index is 2.32. The van der Waals surface area contributed by atoms with Crippen LogP contribution in [-0.2, 0) is 9.53 Å². The number of allylic oxidation sites excluding steroid dienone is 1. The maximum atomic E-state index is 12.1. The first-order valence-corrected chi connectivity index (χ1v) is 9.55. The molecular weight excluding hydrogens is 304 g/mol. The van der Waals surface area contributed by atoms with Crippen molar-refractivity contribution in [2.45, 2.75) is 91.0 Å². The monoisotopic (exact) mass is 338 g/mol. The Hall–Kier alpha value is -1.52. The number of hydrogen-bond acceptors (Lipinski definition) is 3. The minimum absolute atomic E-state index is 0.234. The van der Waals surface area contributed by atoms with Gasteiger partial charge in [0.25, 0.3) is 0 Å². The van der Waals surface area contributed by atoms with Crippen LogP contribution in [0.1, 0.15) is 85.0 Å². The van der Waals surface area contributed by atoms with Crippen LogP contribution in [0.5, 0.6) is 0 Å². The molecular formula is C19H34N2O3. The van der Waals surface area contributed by atoms with Crippen molar-refractivity contribution in [1.29, 1.82) is 0 Å². The summed E-state index contributed by atoms with van der Waals surface area (Å²) in [5.41, 5.74) is 1.18. The lowest BCUT2D eigenvalue weighted by Gasteiger charge is -2.27. The lowest BCUT2D eigenvalue weighted by molar-refractivity contribution is -0.139. The average molecular weight is 338 g/mol. The van der Waals surface area contributed by atoms with Gasteiger partial charge in [0.15, 0.2) is 0 Å². The van der Waals surface area contributed by atoms with E-state index < -0.39 is 0 Å². The van der Waals surface area contributed by atoms with Crippen LogP contribution in [-0.4, -0.2) is 24.6 Å². The SMILES string of the molecule is CCCCCCCCCCC[C@H]1NC(=O)NC(C)=C1C(=O)OCC. The van der Waals surface area contributed by atoms with E-state index in [9.17, 15) is 9.59 Å². The van der Waals surface area contributed by atoms with Crippen molar-refractivity contribution < 1.29 is 14.3 Å². The molecule has 0 fully saturated rings. The Bertz CT molecular complexity index is 432. The summed E-state index contributed by atoms with van der Waals surface area (Å²) >= 11 is 0. The maximum Gasteiger partial charge on any atom is 0.337 e. The summed E-state index contributed by atoms with van der Waals surface area (Å²) in [5.74, 6) is -0.330. The van der Waals surface area contributed by atoms with E-state index in [0.717, 1.165) is 19.3 Å². The molecule has 1 rings (SSSR count). The van der Waals surface area contributed by atoms with Gasteiger partial charge in [-0.25, -0.2) is 9.59 Å². The molecule has 0 saturated heterocycles. The minimum atomic E-state index is -0.330. The zero-order valence-corrected chi connectivity index (χ0v) is 15.6. The average Bonchev–Trinajstić information content (AvgIpc) is 2.53. The van der Waals surface area contributed by atoms with Gasteiger partial charge >= 0.3 is 12.0 Å². The van der Waals surface area contributed by atoms with Crippen molar-refractivity contribution in [3.8, 4) is 0 Å². The normalized spacial score (nSPS) is 17.5. The smallest absolute Gasteiger partial charge is 0.337 e. The van der Waals surface area contributed by atoms with Crippen molar-refractivity contribution in [3.63, 3.8) is 0 Å². The van der Waals surface area contributed by atoms with E-state index in [0.29, 0.717) is 17.9 Å². The van der Waals surface area contributed by atoms with Gasteiger partial charge in [-0.2, -0.15) is 0 Å². The van der Waals surface area contributed by atoms with Crippen LogP contribution < -0.4 is 10.6 Å². The Morgan fingerprint density at radius 2 is 1.58 bits per heavy atom. The summed E-state index contributed by atoms with van der Waals surface area (Å²) in [7, 11) is 0. The minimum Gasteiger partial charge on any atom is -0.463 e. The van der Waals surface area contributed by atoms with Crippen molar-refractivity contribution in [2.24, 2.45) is 0 Å². The van der Waals surface area contributed by atoms with Crippen molar-refractivity contribution in [2.75, 3.05) is 6.61 Å². The highest BCUT2D eigenvalue weighted by Crippen LogP contribution is 2.20. The molecule has 138 valence electrons. The number of hydrogen-bond donors (Lipinski definition) is 2. The van der Waals surface area contributed by atoms with Crippen molar-refractivity contribution in [3.05, 3.63) is 11.3 Å². The summed E-state index contributed by atoms with van der Waals surface area (Å²) in [6.45, 7) is 6.13. The molecule has 0 unspecified atom stereocenters. The number of amides is 2. The molecule has 1 aliphatic rings. The van der Waals surface area contributed by atoms with Crippen LogP contribution in [0.15, 0.2) is 11.3 Å². The zero-order chi connectivity index (χ0) is 17.8. The van der Waals surface area contributed by atoms with Crippen molar-refractivity contribution in [1.82, 2.24) is 10.6 Å². The summed E-state index contributed by atoms with van der Waals surface area (Å²) in [4.78, 5) is 23.8. The first kappa shape index (κ1) is 20.5. The third-order valence-corrected chi connectivity index (χ3v) is 4.45. The number of rotatable bonds is 12. The first-order chi connectivity index (χ1) is 11.6. The second kappa shape index (κ2) is 11.9. The largest absolute Gasteiger partial charge is 0.463 e. The molecule has 0 radical (unpaired) electrons. The third-order valence-electron chi connectivity index (χ3n) is 4.45. The number of urea groups is 1. The predicted octanol–water partition coefficient (Wildman–Crippen LogP) is 4.43. The van der Waals surface area contributed by atoms with E-state index in [-0.39, 0.29) is 18.0 Å². The Labute approximate surface area is 146 Å². The van der Waals surface area contributed by atoms with Gasteiger partial charge in [-0.05, 0) is 20.3 Å². The number of carbonyl (C=O) groups excluding carboxylic acids is 2. The van der Waals surface area contributed by atoms with Crippen LogP contribution in [0, 0.1) is 0 Å². The molecule has 1 atom stereocenters. The fourth-order valence-corrected chi connectivity index (χ4v) is 3.15. The molecule has 0 aromatic carbocycles. The summed E-state index contributed by atoms with van der Waals surface area (Å²) in [5, 5.41) is 5.52. The number of unbranched alkanes of at least 4 members (excludes halogenated alkanes) is 8. The predicted molar refractivity (Wildman–Crippen MR) is 96.6 cm³/mol. The van der Waals surface area contributed by atoms with Gasteiger partial charge < -0.3 is 15.4 Å². The molecule has 2 amide bonds. The standard InChI is InChI=1S/C19H34N2O3/c1-4-6-7-8-9-10-11-12-13-14-16-17(18(22)24-5-2)15(3)20-19(23)21-16/h16H,4-14H2,1-3H3,(H2,20,21,23)/t16-/m1/s1. The van der Waals surface area contributed by atoms with E-state index >= 15 is 0 Å². The van der Waals surface area contributed by atoms with E-state index in [1.54, 1.807) is 13.8 Å². The number of carbonyl (C=O) groups is 2. The molecule has 0 bridgehead atoms. The van der Waals surface area contributed by atoms with Gasteiger partial charge in [-0.3, -0.25) is 0 Å². The number of esters is 1. The van der Waals surface area contributed by atoms with Crippen LogP contribution in [0.2, 0.25) is 0 Å². The third kappa shape index (κ3) is 7.37. The van der Waals surface area contributed by atoms with Gasteiger partial charge in [0.2, 0.25) is 0 Å². The lowest BCUT2D eigenvalue weighted by Crippen LogP contribution is -2.49. The van der Waals surface area contributed by atoms with Gasteiger partial charge in [0, 0.05) is 5.70 Å². The first-order valence-electron chi connectivity index (χ1n) is 9.55. The van der Waals surface area contributed by atoms with Crippen molar-refractivity contribution >= 4 is 12.0 Å². The van der Waals surface area contributed by atoms with E-state index in [2.05, 4.69) is 17.6 Å². The zero-order valence-electron chi connectivity index (χ0n) is 15.6. The molecule has 0 spiro atoms. The van der Waals surface area contributed by atoms with Crippen LogP contribution in [0.25, 0.3) is 0 Å². The molecule has 2 N–H and O–H groups in total. The number of nitrogens with one attached hydrogen (secondary N) is 2. The molecule has 0 aromatic rings. The van der Waals surface area contributed by atoms with Gasteiger partial charge in [0.05, 0.1) is 18.2 Å². The Morgan fingerprint density at radius 3 is 2.17 bits per heavy atom. The molecule has 1 aliphatic heterocycles. The second-order valence-electron chi connectivity index (χ2n) is 6.53. The quantitative estimate of drug-likeness (QED) is 0.409. The summed E-state index contributed by atoms with van der Waals surface area (Å²) in [6.07, 6.45) is 12.1. The van der Waals surface area contributed by atoms with Gasteiger partial charge in [-0.15, -0.1) is 0 Å². The molecule has 24 heavy (non-hydrogen) atoms. The highest BCUT2D eigenvalue weighted by molar-refractivity contribution is 5.94. The van der Waals surface area contributed by atoms with Crippen LogP contribution in [0.4, 0.5) is 4.79 Å². The fraction of sp³-hybridized carbons (Fsp3) is 0.789. The highest BCUT2D eigenvalue weighted by Gasteiger charge is 2.30. The van der Waals surface area contributed by atoms with Crippen LogP contribution >= 0.6 is 0 Å². The van der Waals surface area contributed by atoms with E-state index in [4.69, 9.17) is 4.74 Å². The van der Waals surface area contributed by atoms with Gasteiger partial charge in [-0.1, -0.05) is 64.7 Å². The Morgan fingerprint density at radius 1 is 1.00 bits per heavy atom.